The van der Waals surface area contributed by atoms with Crippen molar-refractivity contribution in [2.75, 3.05) is 19.0 Å². The molecule has 0 saturated carbocycles. The first kappa shape index (κ1) is 22.4. The maximum atomic E-state index is 13.1. The van der Waals surface area contributed by atoms with Crippen LogP contribution in [0.2, 0.25) is 5.02 Å². The summed E-state index contributed by atoms with van der Waals surface area (Å²) in [7, 11) is 1.50. The zero-order valence-corrected chi connectivity index (χ0v) is 17.1. The number of nitrogens with one attached hydrogen (secondary N) is 1. The number of carbonyl (C=O) groups excluding carboxylic acids is 2. The van der Waals surface area contributed by atoms with Crippen LogP contribution in [0.1, 0.15) is 21.6 Å². The molecule has 0 spiro atoms. The van der Waals surface area contributed by atoms with Crippen LogP contribution in [-0.4, -0.2) is 30.6 Å². The lowest BCUT2D eigenvalue weighted by Crippen LogP contribution is -2.23. The number of methoxy groups -OCH3 is 1. The second-order valence-corrected chi connectivity index (χ2v) is 6.87. The SMILES string of the molecule is COc1ccc2nc(C)c(C(=O)OCC(=O)Nc3c(Cl)cccc3C(F)(F)F)cc2c1. The van der Waals surface area contributed by atoms with Crippen molar-refractivity contribution in [3.63, 3.8) is 0 Å². The number of ether oxygens (including phenoxy) is 2. The summed E-state index contributed by atoms with van der Waals surface area (Å²) in [4.78, 5) is 28.9. The van der Waals surface area contributed by atoms with E-state index in [1.54, 1.807) is 25.1 Å². The highest BCUT2D eigenvalue weighted by Crippen LogP contribution is 2.38. The number of fused-ring (bicyclic) bond motifs is 1. The lowest BCUT2D eigenvalue weighted by molar-refractivity contribution is -0.137. The molecule has 1 heterocycles. The monoisotopic (exact) mass is 452 g/mol. The second-order valence-electron chi connectivity index (χ2n) is 6.46. The Labute approximate surface area is 179 Å². The van der Waals surface area contributed by atoms with Gasteiger partial charge in [0.25, 0.3) is 5.91 Å². The molecule has 3 rings (SSSR count). The Bertz CT molecular complexity index is 1170. The third-order valence-electron chi connectivity index (χ3n) is 4.35. The number of alkyl halides is 3. The van der Waals surface area contributed by atoms with Gasteiger partial charge in [-0.25, -0.2) is 4.79 Å². The lowest BCUT2D eigenvalue weighted by Gasteiger charge is -2.15. The van der Waals surface area contributed by atoms with Crippen LogP contribution >= 0.6 is 11.6 Å². The normalized spacial score (nSPS) is 11.3. The topological polar surface area (TPSA) is 77.5 Å². The van der Waals surface area contributed by atoms with Crippen LogP contribution in [0, 0.1) is 6.92 Å². The van der Waals surface area contributed by atoms with Crippen molar-refractivity contribution in [1.29, 1.82) is 0 Å². The fourth-order valence-corrected chi connectivity index (χ4v) is 3.08. The molecule has 0 aliphatic carbocycles. The summed E-state index contributed by atoms with van der Waals surface area (Å²) in [5, 5.41) is 2.38. The molecule has 0 fully saturated rings. The third-order valence-corrected chi connectivity index (χ3v) is 4.67. The van der Waals surface area contributed by atoms with Gasteiger partial charge < -0.3 is 14.8 Å². The zero-order valence-electron chi connectivity index (χ0n) is 16.3. The number of aromatic nitrogens is 1. The molecule has 6 nitrogen and oxygen atoms in total. The van der Waals surface area contributed by atoms with Crippen LogP contribution in [0.25, 0.3) is 10.9 Å². The Balaban J connectivity index is 1.74. The molecule has 0 unspecified atom stereocenters. The number of anilines is 1. The Kier molecular flexibility index (Phi) is 6.35. The molecular formula is C21H16ClF3N2O4. The molecule has 0 saturated heterocycles. The average Bonchev–Trinajstić information content (AvgIpc) is 2.71. The van der Waals surface area contributed by atoms with Crippen molar-refractivity contribution in [1.82, 2.24) is 4.98 Å². The summed E-state index contributed by atoms with van der Waals surface area (Å²) < 4.78 is 49.5. The highest BCUT2D eigenvalue weighted by Gasteiger charge is 2.34. The molecule has 1 N–H and O–H groups in total. The van der Waals surface area contributed by atoms with E-state index in [2.05, 4.69) is 10.3 Å². The Hall–Kier alpha value is -3.33. The molecule has 10 heteroatoms. The molecule has 0 atom stereocenters. The third kappa shape index (κ3) is 5.05. The van der Waals surface area contributed by atoms with Crippen LogP contribution in [0.4, 0.5) is 18.9 Å². The molecule has 162 valence electrons. The van der Waals surface area contributed by atoms with Gasteiger partial charge in [0.15, 0.2) is 6.61 Å². The molecule has 0 bridgehead atoms. The number of halogens is 4. The highest BCUT2D eigenvalue weighted by molar-refractivity contribution is 6.34. The smallest absolute Gasteiger partial charge is 0.418 e. The molecule has 2 aromatic carbocycles. The minimum Gasteiger partial charge on any atom is -0.497 e. The van der Waals surface area contributed by atoms with Gasteiger partial charge >= 0.3 is 12.1 Å². The molecule has 1 amide bonds. The fourth-order valence-electron chi connectivity index (χ4n) is 2.86. The van der Waals surface area contributed by atoms with Gasteiger partial charge in [-0.05, 0) is 43.3 Å². The number of benzene rings is 2. The van der Waals surface area contributed by atoms with Gasteiger partial charge in [-0.1, -0.05) is 17.7 Å². The van der Waals surface area contributed by atoms with Crippen molar-refractivity contribution >= 4 is 40.1 Å². The molecule has 1 aromatic heterocycles. The van der Waals surface area contributed by atoms with E-state index in [9.17, 15) is 22.8 Å². The van der Waals surface area contributed by atoms with Crippen molar-refractivity contribution in [2.45, 2.75) is 13.1 Å². The summed E-state index contributed by atoms with van der Waals surface area (Å²) in [5.74, 6) is -1.25. The van der Waals surface area contributed by atoms with Crippen LogP contribution in [0.3, 0.4) is 0 Å². The van der Waals surface area contributed by atoms with Gasteiger partial charge in [-0.15, -0.1) is 0 Å². The van der Waals surface area contributed by atoms with Gasteiger partial charge in [-0.3, -0.25) is 9.78 Å². The van der Waals surface area contributed by atoms with Gasteiger partial charge in [0.05, 0.1) is 40.2 Å². The first-order valence-electron chi connectivity index (χ1n) is 8.88. The summed E-state index contributed by atoms with van der Waals surface area (Å²) in [6.45, 7) is 0.788. The molecule has 31 heavy (non-hydrogen) atoms. The standard InChI is InChI=1S/C21H16ClF3N2O4/c1-11-14(9-12-8-13(30-2)6-7-17(12)26-11)20(29)31-10-18(28)27-19-15(21(23,24)25)4-3-5-16(19)22/h3-9H,10H2,1-2H3,(H,27,28). The zero-order chi connectivity index (χ0) is 22.8. The number of hydrogen-bond donors (Lipinski definition) is 1. The number of aryl methyl sites for hydroxylation is 1. The van der Waals surface area contributed by atoms with E-state index >= 15 is 0 Å². The van der Waals surface area contributed by atoms with Crippen LogP contribution in [0.5, 0.6) is 5.75 Å². The minimum absolute atomic E-state index is 0.113. The van der Waals surface area contributed by atoms with Crippen LogP contribution in [-0.2, 0) is 15.7 Å². The van der Waals surface area contributed by atoms with Crippen molar-refractivity contribution in [2.24, 2.45) is 0 Å². The van der Waals surface area contributed by atoms with Gasteiger partial charge in [0, 0.05) is 5.39 Å². The van der Waals surface area contributed by atoms with E-state index in [0.29, 0.717) is 22.3 Å². The first-order chi connectivity index (χ1) is 14.6. The maximum Gasteiger partial charge on any atom is 0.418 e. The summed E-state index contributed by atoms with van der Waals surface area (Å²) in [6, 6.07) is 9.78. The van der Waals surface area contributed by atoms with E-state index in [1.165, 1.54) is 19.2 Å². The van der Waals surface area contributed by atoms with Crippen LogP contribution in [0.15, 0.2) is 42.5 Å². The summed E-state index contributed by atoms with van der Waals surface area (Å²) in [6.07, 6.45) is -4.72. The molecule has 0 radical (unpaired) electrons. The maximum absolute atomic E-state index is 13.1. The number of pyridine rings is 1. The Morgan fingerprint density at radius 2 is 1.90 bits per heavy atom. The number of esters is 1. The van der Waals surface area contributed by atoms with Gasteiger partial charge in [0.2, 0.25) is 0 Å². The van der Waals surface area contributed by atoms with Crippen molar-refractivity contribution in [3.05, 3.63) is 64.3 Å². The predicted molar refractivity (Wildman–Crippen MR) is 108 cm³/mol. The van der Waals surface area contributed by atoms with Crippen LogP contribution < -0.4 is 10.1 Å². The van der Waals surface area contributed by atoms with E-state index in [1.807, 2.05) is 0 Å². The largest absolute Gasteiger partial charge is 0.497 e. The highest BCUT2D eigenvalue weighted by atomic mass is 35.5. The molecular weight excluding hydrogens is 437 g/mol. The molecule has 0 aliphatic heterocycles. The Morgan fingerprint density at radius 1 is 1.16 bits per heavy atom. The van der Waals surface area contributed by atoms with E-state index in [0.717, 1.165) is 12.1 Å². The molecule has 3 aromatic rings. The Morgan fingerprint density at radius 3 is 2.58 bits per heavy atom. The van der Waals surface area contributed by atoms with Crippen molar-refractivity contribution < 1.29 is 32.2 Å². The predicted octanol–water partition coefficient (Wildman–Crippen LogP) is 5.02. The number of hydrogen-bond acceptors (Lipinski definition) is 5. The number of nitrogens with zero attached hydrogens (tertiary/aromatic N) is 1. The molecule has 0 aliphatic rings. The van der Waals surface area contributed by atoms with E-state index in [4.69, 9.17) is 21.1 Å². The summed E-state index contributed by atoms with van der Waals surface area (Å²) >= 11 is 5.80. The quantitative estimate of drug-likeness (QED) is 0.550. The average molecular weight is 453 g/mol. The van der Waals surface area contributed by atoms with E-state index in [-0.39, 0.29) is 10.6 Å². The number of carbonyl (C=O) groups is 2. The second kappa shape index (κ2) is 8.81. The van der Waals surface area contributed by atoms with Gasteiger partial charge in [0.1, 0.15) is 5.75 Å². The number of amides is 1. The lowest BCUT2D eigenvalue weighted by atomic mass is 10.1. The first-order valence-corrected chi connectivity index (χ1v) is 9.26. The minimum atomic E-state index is -4.72. The summed E-state index contributed by atoms with van der Waals surface area (Å²) in [5.41, 5.74) is -0.599. The number of para-hydroxylation sites is 1. The number of rotatable bonds is 5. The fraction of sp³-hybridized carbons (Fsp3) is 0.190. The van der Waals surface area contributed by atoms with Crippen molar-refractivity contribution in [3.8, 4) is 5.75 Å². The van der Waals surface area contributed by atoms with Gasteiger partial charge in [-0.2, -0.15) is 13.2 Å². The van der Waals surface area contributed by atoms with E-state index < -0.39 is 35.9 Å².